The third-order valence-corrected chi connectivity index (χ3v) is 2.63. The maximum Gasteiger partial charge on any atom is 0.0459 e. The molecule has 0 unspecified atom stereocenters. The minimum atomic E-state index is 1.03. The highest BCUT2D eigenvalue weighted by molar-refractivity contribution is 5.86. The number of rotatable bonds is 3. The fourth-order valence-corrected chi connectivity index (χ4v) is 1.91. The van der Waals surface area contributed by atoms with E-state index in [0.29, 0.717) is 0 Å². The number of aromatic nitrogens is 1. The largest absolute Gasteiger partial charge is 0.361 e. The zero-order valence-electron chi connectivity index (χ0n) is 8.72. The Kier molecular flexibility index (Phi) is 2.55. The van der Waals surface area contributed by atoms with Crippen LogP contribution in [-0.4, -0.2) is 18.6 Å². The maximum absolute atomic E-state index is 3.28. The van der Waals surface area contributed by atoms with Gasteiger partial charge in [0.15, 0.2) is 0 Å². The standard InChI is InChI=1S/C12H16N2/c1-9-8-14-11-5-3-4-10(12(9)11)6-7-13-2/h3-5,8,13-14H,6-7H2,1-2H3. The van der Waals surface area contributed by atoms with Gasteiger partial charge in [0.25, 0.3) is 0 Å². The van der Waals surface area contributed by atoms with Gasteiger partial charge in [-0.15, -0.1) is 0 Å². The van der Waals surface area contributed by atoms with Gasteiger partial charge in [0.2, 0.25) is 0 Å². The molecule has 0 aliphatic rings. The van der Waals surface area contributed by atoms with Crippen molar-refractivity contribution in [2.75, 3.05) is 13.6 Å². The molecule has 0 saturated carbocycles. The molecule has 2 nitrogen and oxygen atoms in total. The first-order valence-corrected chi connectivity index (χ1v) is 5.03. The second kappa shape index (κ2) is 3.84. The molecule has 2 aromatic rings. The van der Waals surface area contributed by atoms with Gasteiger partial charge in [-0.1, -0.05) is 12.1 Å². The molecule has 1 heterocycles. The van der Waals surface area contributed by atoms with Gasteiger partial charge in [-0.25, -0.2) is 0 Å². The van der Waals surface area contributed by atoms with Crippen molar-refractivity contribution < 1.29 is 0 Å². The van der Waals surface area contributed by atoms with Crippen molar-refractivity contribution in [3.63, 3.8) is 0 Å². The number of hydrogen-bond acceptors (Lipinski definition) is 1. The summed E-state index contributed by atoms with van der Waals surface area (Å²) < 4.78 is 0. The van der Waals surface area contributed by atoms with E-state index in [1.54, 1.807) is 0 Å². The Morgan fingerprint density at radius 3 is 3.00 bits per heavy atom. The molecule has 0 fully saturated rings. The molecule has 0 bridgehead atoms. The summed E-state index contributed by atoms with van der Waals surface area (Å²) in [6.07, 6.45) is 3.17. The topological polar surface area (TPSA) is 27.8 Å². The first-order valence-electron chi connectivity index (χ1n) is 5.03. The van der Waals surface area contributed by atoms with Crippen molar-refractivity contribution >= 4 is 10.9 Å². The van der Waals surface area contributed by atoms with E-state index in [1.807, 2.05) is 7.05 Å². The Balaban J connectivity index is 2.46. The summed E-state index contributed by atoms with van der Waals surface area (Å²) in [4.78, 5) is 3.28. The molecular weight excluding hydrogens is 172 g/mol. The molecule has 2 N–H and O–H groups in total. The monoisotopic (exact) mass is 188 g/mol. The van der Waals surface area contributed by atoms with Crippen LogP contribution in [0.2, 0.25) is 0 Å². The van der Waals surface area contributed by atoms with E-state index in [1.165, 1.54) is 22.0 Å². The number of likely N-dealkylation sites (N-methyl/N-ethyl adjacent to an activating group) is 1. The lowest BCUT2D eigenvalue weighted by molar-refractivity contribution is 0.795. The summed E-state index contributed by atoms with van der Waals surface area (Å²) in [5, 5.41) is 4.57. The first kappa shape index (κ1) is 9.28. The van der Waals surface area contributed by atoms with Crippen molar-refractivity contribution in [1.82, 2.24) is 10.3 Å². The molecule has 0 atom stereocenters. The molecule has 0 saturated heterocycles. The first-order chi connectivity index (χ1) is 6.83. The Hall–Kier alpha value is -1.28. The van der Waals surface area contributed by atoms with Crippen molar-refractivity contribution in [3.05, 3.63) is 35.5 Å². The average molecular weight is 188 g/mol. The van der Waals surface area contributed by atoms with Gasteiger partial charge >= 0.3 is 0 Å². The van der Waals surface area contributed by atoms with Crippen LogP contribution in [0.5, 0.6) is 0 Å². The van der Waals surface area contributed by atoms with Crippen molar-refractivity contribution in [1.29, 1.82) is 0 Å². The summed E-state index contributed by atoms with van der Waals surface area (Å²) in [7, 11) is 1.99. The van der Waals surface area contributed by atoms with Crippen LogP contribution >= 0.6 is 0 Å². The lowest BCUT2D eigenvalue weighted by atomic mass is 10.0. The molecule has 0 radical (unpaired) electrons. The zero-order chi connectivity index (χ0) is 9.97. The average Bonchev–Trinajstić information content (AvgIpc) is 2.58. The van der Waals surface area contributed by atoms with Gasteiger partial charge in [0.1, 0.15) is 0 Å². The lowest BCUT2D eigenvalue weighted by Crippen LogP contribution is -2.10. The SMILES string of the molecule is CNCCc1cccc2[nH]cc(C)c12. The minimum Gasteiger partial charge on any atom is -0.361 e. The summed E-state index contributed by atoms with van der Waals surface area (Å²) in [6, 6.07) is 6.45. The van der Waals surface area contributed by atoms with Crippen LogP contribution in [0.25, 0.3) is 10.9 Å². The quantitative estimate of drug-likeness (QED) is 0.759. The second-order valence-electron chi connectivity index (χ2n) is 3.66. The second-order valence-corrected chi connectivity index (χ2v) is 3.66. The van der Waals surface area contributed by atoms with Crippen LogP contribution in [0.4, 0.5) is 0 Å². The predicted molar refractivity (Wildman–Crippen MR) is 60.7 cm³/mol. The van der Waals surface area contributed by atoms with Crippen LogP contribution in [0.15, 0.2) is 24.4 Å². The number of H-pyrrole nitrogens is 1. The van der Waals surface area contributed by atoms with Gasteiger partial charge in [0, 0.05) is 17.1 Å². The summed E-state index contributed by atoms with van der Waals surface area (Å²) in [5.41, 5.74) is 4.01. The summed E-state index contributed by atoms with van der Waals surface area (Å²) in [6.45, 7) is 3.19. The Bertz CT molecular complexity index is 429. The van der Waals surface area contributed by atoms with Crippen molar-refractivity contribution in [3.8, 4) is 0 Å². The molecule has 0 amide bonds. The molecule has 74 valence electrons. The zero-order valence-corrected chi connectivity index (χ0v) is 8.72. The highest BCUT2D eigenvalue weighted by Crippen LogP contribution is 2.21. The molecule has 0 spiro atoms. The van der Waals surface area contributed by atoms with Crippen LogP contribution in [0, 0.1) is 6.92 Å². The van der Waals surface area contributed by atoms with E-state index in [4.69, 9.17) is 0 Å². The predicted octanol–water partition coefficient (Wildman–Crippen LogP) is 2.24. The number of aryl methyl sites for hydroxylation is 1. The smallest absolute Gasteiger partial charge is 0.0459 e. The molecule has 0 aliphatic heterocycles. The van der Waals surface area contributed by atoms with Crippen molar-refractivity contribution in [2.24, 2.45) is 0 Å². The van der Waals surface area contributed by atoms with Crippen LogP contribution < -0.4 is 5.32 Å². The number of fused-ring (bicyclic) bond motifs is 1. The maximum atomic E-state index is 3.28. The summed E-state index contributed by atoms with van der Waals surface area (Å²) in [5.74, 6) is 0. The summed E-state index contributed by atoms with van der Waals surface area (Å²) >= 11 is 0. The molecular formula is C12H16N2. The van der Waals surface area contributed by atoms with Crippen LogP contribution in [-0.2, 0) is 6.42 Å². The number of nitrogens with one attached hydrogen (secondary N) is 2. The number of hydrogen-bond donors (Lipinski definition) is 2. The Morgan fingerprint density at radius 1 is 1.36 bits per heavy atom. The number of benzene rings is 1. The molecule has 2 heteroatoms. The fourth-order valence-electron chi connectivity index (χ4n) is 1.91. The molecule has 2 rings (SSSR count). The van der Waals surface area contributed by atoms with E-state index in [9.17, 15) is 0 Å². The highest BCUT2D eigenvalue weighted by Gasteiger charge is 2.04. The fraction of sp³-hybridized carbons (Fsp3) is 0.333. The van der Waals surface area contributed by atoms with Crippen LogP contribution in [0.1, 0.15) is 11.1 Å². The minimum absolute atomic E-state index is 1.03. The van der Waals surface area contributed by atoms with Gasteiger partial charge in [-0.3, -0.25) is 0 Å². The Morgan fingerprint density at radius 2 is 2.21 bits per heavy atom. The lowest BCUT2D eigenvalue weighted by Gasteiger charge is -2.03. The van der Waals surface area contributed by atoms with E-state index < -0.39 is 0 Å². The van der Waals surface area contributed by atoms with Gasteiger partial charge in [0.05, 0.1) is 0 Å². The van der Waals surface area contributed by atoms with Gasteiger partial charge < -0.3 is 10.3 Å². The molecule has 1 aromatic heterocycles. The number of aromatic amines is 1. The molecule has 1 aromatic carbocycles. The van der Waals surface area contributed by atoms with Gasteiger partial charge in [-0.05, 0) is 44.1 Å². The third-order valence-electron chi connectivity index (χ3n) is 2.63. The normalized spacial score (nSPS) is 11.0. The van der Waals surface area contributed by atoms with Gasteiger partial charge in [-0.2, -0.15) is 0 Å². The third kappa shape index (κ3) is 1.53. The van der Waals surface area contributed by atoms with E-state index in [2.05, 4.69) is 41.6 Å². The van der Waals surface area contributed by atoms with E-state index >= 15 is 0 Å². The van der Waals surface area contributed by atoms with E-state index in [0.717, 1.165) is 13.0 Å². The van der Waals surface area contributed by atoms with Crippen molar-refractivity contribution in [2.45, 2.75) is 13.3 Å². The van der Waals surface area contributed by atoms with E-state index in [-0.39, 0.29) is 0 Å². The Labute approximate surface area is 84.3 Å². The highest BCUT2D eigenvalue weighted by atomic mass is 14.8. The molecule has 14 heavy (non-hydrogen) atoms. The molecule has 0 aliphatic carbocycles. The van der Waals surface area contributed by atoms with Crippen LogP contribution in [0.3, 0.4) is 0 Å².